The van der Waals surface area contributed by atoms with Gasteiger partial charge in [0, 0.05) is 44.7 Å². The van der Waals surface area contributed by atoms with Crippen molar-refractivity contribution in [2.75, 3.05) is 32.8 Å². The Kier molecular flexibility index (Phi) is 5.62. The first kappa shape index (κ1) is 19.9. The van der Waals surface area contributed by atoms with Gasteiger partial charge in [0.25, 0.3) is 5.91 Å². The summed E-state index contributed by atoms with van der Waals surface area (Å²) in [5, 5.41) is 8.43. The molecule has 3 aliphatic rings. The highest BCUT2D eigenvalue weighted by Gasteiger charge is 2.39. The van der Waals surface area contributed by atoms with E-state index in [1.807, 2.05) is 12.1 Å². The number of imide groups is 1. The number of alkyl halides is 1. The number of halogens is 1. The number of carbonyl (C=O) groups excluding carboxylic acids is 3. The van der Waals surface area contributed by atoms with Gasteiger partial charge in [-0.3, -0.25) is 19.7 Å². The zero-order valence-electron chi connectivity index (χ0n) is 16.1. The monoisotopic (exact) mass is 404 g/mol. The maximum Gasteiger partial charge on any atom is 0.255 e. The molecule has 2 unspecified atom stereocenters. The Labute approximate surface area is 168 Å². The fourth-order valence-corrected chi connectivity index (χ4v) is 4.02. The minimum Gasteiger partial charge on any atom is -0.377 e. The molecule has 3 N–H and O–H groups in total. The number of rotatable bonds is 5. The molecule has 29 heavy (non-hydrogen) atoms. The van der Waals surface area contributed by atoms with Crippen LogP contribution in [0.15, 0.2) is 18.2 Å². The Balaban J connectivity index is 1.38. The quantitative estimate of drug-likeness (QED) is 0.591. The number of hydrogen-bond donors (Lipinski definition) is 3. The maximum absolute atomic E-state index is 14.8. The molecule has 2 saturated heterocycles. The third-order valence-electron chi connectivity index (χ3n) is 5.59. The molecule has 3 amide bonds. The molecule has 2 atom stereocenters. The first-order valence-corrected chi connectivity index (χ1v) is 9.90. The van der Waals surface area contributed by atoms with E-state index in [0.29, 0.717) is 38.2 Å². The van der Waals surface area contributed by atoms with Crippen LogP contribution in [0, 0.1) is 0 Å². The number of ether oxygens (including phenoxy) is 1. The maximum atomic E-state index is 14.8. The minimum atomic E-state index is -1.47. The van der Waals surface area contributed by atoms with Crippen molar-refractivity contribution < 1.29 is 23.5 Å². The topological polar surface area (TPSA) is 99.8 Å². The summed E-state index contributed by atoms with van der Waals surface area (Å²) in [6.07, 6.45) is 0.572. The summed E-state index contributed by atoms with van der Waals surface area (Å²) in [5.74, 6) is -0.930. The number of hydrogen-bond acceptors (Lipinski definition) is 6. The van der Waals surface area contributed by atoms with Crippen LogP contribution in [-0.4, -0.2) is 67.2 Å². The SMILES string of the molecule is O=C1CCC(N2Cc3ccc(CNCC4(F)CNCCOC4)cc3C2=O)C(=O)N1. The zero-order valence-corrected chi connectivity index (χ0v) is 16.1. The van der Waals surface area contributed by atoms with E-state index >= 15 is 0 Å². The number of fused-ring (bicyclic) bond motifs is 1. The van der Waals surface area contributed by atoms with E-state index in [1.165, 1.54) is 4.90 Å². The lowest BCUT2D eigenvalue weighted by atomic mass is 10.0. The molecule has 0 aliphatic carbocycles. The second kappa shape index (κ2) is 8.17. The van der Waals surface area contributed by atoms with E-state index in [0.717, 1.165) is 11.1 Å². The van der Waals surface area contributed by atoms with Crippen LogP contribution in [0.4, 0.5) is 4.39 Å². The fraction of sp³-hybridized carbons (Fsp3) is 0.550. The predicted octanol–water partition coefficient (Wildman–Crippen LogP) is -0.135. The van der Waals surface area contributed by atoms with Crippen molar-refractivity contribution in [3.63, 3.8) is 0 Å². The lowest BCUT2D eigenvalue weighted by Gasteiger charge is -2.29. The molecule has 2 fully saturated rings. The molecule has 4 rings (SSSR count). The number of benzene rings is 1. The Bertz CT molecular complexity index is 823. The Morgan fingerprint density at radius 3 is 3.00 bits per heavy atom. The molecule has 3 aliphatic heterocycles. The fourth-order valence-electron chi connectivity index (χ4n) is 4.02. The van der Waals surface area contributed by atoms with Crippen molar-refractivity contribution in [1.29, 1.82) is 0 Å². The molecule has 8 nitrogen and oxygen atoms in total. The lowest BCUT2D eigenvalue weighted by molar-refractivity contribution is -0.136. The smallest absolute Gasteiger partial charge is 0.255 e. The van der Waals surface area contributed by atoms with Gasteiger partial charge in [0.2, 0.25) is 11.8 Å². The standard InChI is InChI=1S/C20H25FN4O4/c21-20(10-22-5-6-29-12-20)11-23-8-13-1-2-14-9-25(19(28)15(14)7-13)16-3-4-17(26)24-18(16)27/h1-2,7,16,22-23H,3-6,8-12H2,(H,24,26,27). The number of carbonyl (C=O) groups is 3. The second-order valence-electron chi connectivity index (χ2n) is 7.88. The van der Waals surface area contributed by atoms with Gasteiger partial charge in [-0.25, -0.2) is 4.39 Å². The molecule has 3 heterocycles. The van der Waals surface area contributed by atoms with Crippen LogP contribution in [0.25, 0.3) is 0 Å². The molecule has 0 aromatic heterocycles. The number of nitrogens with zero attached hydrogens (tertiary/aromatic N) is 1. The average molecular weight is 404 g/mol. The van der Waals surface area contributed by atoms with Crippen LogP contribution in [-0.2, 0) is 27.4 Å². The van der Waals surface area contributed by atoms with Crippen LogP contribution in [0.3, 0.4) is 0 Å². The molecule has 0 saturated carbocycles. The summed E-state index contributed by atoms with van der Waals surface area (Å²) in [6, 6.07) is 4.95. The van der Waals surface area contributed by atoms with E-state index in [2.05, 4.69) is 16.0 Å². The molecule has 1 aromatic rings. The van der Waals surface area contributed by atoms with Crippen LogP contribution in [0.1, 0.15) is 34.3 Å². The van der Waals surface area contributed by atoms with Crippen molar-refractivity contribution in [2.45, 2.75) is 37.6 Å². The first-order chi connectivity index (χ1) is 14.0. The summed E-state index contributed by atoms with van der Waals surface area (Å²) in [5.41, 5.74) is 0.814. The molecule has 0 spiro atoms. The van der Waals surface area contributed by atoms with Gasteiger partial charge in [0.15, 0.2) is 5.67 Å². The van der Waals surface area contributed by atoms with Gasteiger partial charge in [0.05, 0.1) is 13.2 Å². The lowest BCUT2D eigenvalue weighted by Crippen LogP contribution is -2.52. The second-order valence-corrected chi connectivity index (χ2v) is 7.88. The van der Waals surface area contributed by atoms with Gasteiger partial charge in [-0.2, -0.15) is 0 Å². The third kappa shape index (κ3) is 4.31. The summed E-state index contributed by atoms with van der Waals surface area (Å²) >= 11 is 0. The van der Waals surface area contributed by atoms with Crippen LogP contribution in [0.5, 0.6) is 0 Å². The Morgan fingerprint density at radius 2 is 2.17 bits per heavy atom. The predicted molar refractivity (Wildman–Crippen MR) is 102 cm³/mol. The molecule has 9 heteroatoms. The normalized spacial score (nSPS) is 27.6. The highest BCUT2D eigenvalue weighted by atomic mass is 19.1. The average Bonchev–Trinajstić information content (AvgIpc) is 2.85. The summed E-state index contributed by atoms with van der Waals surface area (Å²) in [7, 11) is 0. The summed E-state index contributed by atoms with van der Waals surface area (Å²) in [4.78, 5) is 37.8. The van der Waals surface area contributed by atoms with Crippen molar-refractivity contribution in [2.24, 2.45) is 0 Å². The highest BCUT2D eigenvalue weighted by molar-refractivity contribution is 6.05. The largest absolute Gasteiger partial charge is 0.377 e. The molecular formula is C20H25FN4O4. The minimum absolute atomic E-state index is 0.0522. The van der Waals surface area contributed by atoms with E-state index in [9.17, 15) is 18.8 Å². The third-order valence-corrected chi connectivity index (χ3v) is 5.59. The number of piperidine rings is 1. The van der Waals surface area contributed by atoms with E-state index < -0.39 is 17.6 Å². The van der Waals surface area contributed by atoms with E-state index in [4.69, 9.17) is 4.74 Å². The van der Waals surface area contributed by atoms with Gasteiger partial charge in [0.1, 0.15) is 6.04 Å². The molecule has 156 valence electrons. The summed E-state index contributed by atoms with van der Waals surface area (Å²) < 4.78 is 20.1. The molecule has 0 bridgehead atoms. The Morgan fingerprint density at radius 1 is 1.31 bits per heavy atom. The zero-order chi connectivity index (χ0) is 20.4. The van der Waals surface area contributed by atoms with E-state index in [1.54, 1.807) is 6.07 Å². The van der Waals surface area contributed by atoms with Gasteiger partial charge < -0.3 is 20.3 Å². The van der Waals surface area contributed by atoms with Crippen molar-refractivity contribution >= 4 is 17.7 Å². The van der Waals surface area contributed by atoms with Gasteiger partial charge in [-0.05, 0) is 23.6 Å². The van der Waals surface area contributed by atoms with Gasteiger partial charge >= 0.3 is 0 Å². The first-order valence-electron chi connectivity index (χ1n) is 9.90. The molecular weight excluding hydrogens is 379 g/mol. The van der Waals surface area contributed by atoms with Crippen molar-refractivity contribution in [3.8, 4) is 0 Å². The number of nitrogens with one attached hydrogen (secondary N) is 3. The molecule has 1 aromatic carbocycles. The molecule has 0 radical (unpaired) electrons. The summed E-state index contributed by atoms with van der Waals surface area (Å²) in [6.45, 7) is 2.35. The van der Waals surface area contributed by atoms with Gasteiger partial charge in [-0.1, -0.05) is 12.1 Å². The van der Waals surface area contributed by atoms with Crippen molar-refractivity contribution in [1.82, 2.24) is 20.9 Å². The van der Waals surface area contributed by atoms with Crippen LogP contribution < -0.4 is 16.0 Å². The van der Waals surface area contributed by atoms with Gasteiger partial charge in [-0.15, -0.1) is 0 Å². The van der Waals surface area contributed by atoms with Crippen LogP contribution in [0.2, 0.25) is 0 Å². The highest BCUT2D eigenvalue weighted by Crippen LogP contribution is 2.28. The van der Waals surface area contributed by atoms with Crippen LogP contribution >= 0.6 is 0 Å². The Hall–Kier alpha value is -2.36. The van der Waals surface area contributed by atoms with Crippen molar-refractivity contribution in [3.05, 3.63) is 34.9 Å². The van der Waals surface area contributed by atoms with E-state index in [-0.39, 0.29) is 37.9 Å². The number of amides is 3.